The number of hydrogen-bond acceptors (Lipinski definition) is 4. The number of carbonyl (C=O) groups excluding carboxylic acids is 2. The highest BCUT2D eigenvalue weighted by Crippen LogP contribution is 2.15. The molecule has 1 atom stereocenters. The van der Waals surface area contributed by atoms with Gasteiger partial charge in [0.25, 0.3) is 5.91 Å². The van der Waals surface area contributed by atoms with Crippen molar-refractivity contribution in [1.82, 2.24) is 5.32 Å². The number of benzene rings is 2. The van der Waals surface area contributed by atoms with E-state index in [0.717, 1.165) is 0 Å². The van der Waals surface area contributed by atoms with Crippen molar-refractivity contribution in [3.8, 4) is 5.75 Å². The summed E-state index contributed by atoms with van der Waals surface area (Å²) < 4.78 is 10.5. The van der Waals surface area contributed by atoms with E-state index in [1.807, 2.05) is 0 Å². The van der Waals surface area contributed by atoms with Crippen LogP contribution in [0.15, 0.2) is 48.5 Å². The molecule has 0 unspecified atom stereocenters. The molecular weight excluding hydrogens is 365 g/mol. The van der Waals surface area contributed by atoms with E-state index in [1.165, 1.54) is 0 Å². The van der Waals surface area contributed by atoms with Crippen LogP contribution in [0, 0.1) is 0 Å². The predicted octanol–water partition coefficient (Wildman–Crippen LogP) is 3.73. The van der Waals surface area contributed by atoms with Crippen molar-refractivity contribution >= 4 is 35.1 Å². The highest BCUT2D eigenvalue weighted by molar-refractivity contribution is 6.30. The van der Waals surface area contributed by atoms with Crippen LogP contribution < -0.4 is 10.1 Å². The SMILES string of the molecule is C[C@H](NC(=O)c1ccc(Cl)cc1)C(=O)OCCOc1ccc(Cl)cc1. The van der Waals surface area contributed by atoms with Gasteiger partial charge in [-0.15, -0.1) is 0 Å². The van der Waals surface area contributed by atoms with Crippen molar-refractivity contribution in [1.29, 1.82) is 0 Å². The maximum absolute atomic E-state index is 12.0. The number of hydrogen-bond donors (Lipinski definition) is 1. The predicted molar refractivity (Wildman–Crippen MR) is 96.3 cm³/mol. The largest absolute Gasteiger partial charge is 0.490 e. The van der Waals surface area contributed by atoms with Crippen LogP contribution in [0.4, 0.5) is 0 Å². The minimum Gasteiger partial charge on any atom is -0.490 e. The van der Waals surface area contributed by atoms with Gasteiger partial charge < -0.3 is 14.8 Å². The molecule has 0 fully saturated rings. The lowest BCUT2D eigenvalue weighted by atomic mass is 10.2. The van der Waals surface area contributed by atoms with Gasteiger partial charge in [-0.05, 0) is 55.5 Å². The van der Waals surface area contributed by atoms with Crippen molar-refractivity contribution in [3.05, 3.63) is 64.1 Å². The third-order valence-electron chi connectivity index (χ3n) is 3.22. The number of amides is 1. The average Bonchev–Trinajstić information content (AvgIpc) is 2.60. The number of nitrogens with one attached hydrogen (secondary N) is 1. The first kappa shape index (κ1) is 19.1. The maximum atomic E-state index is 12.0. The van der Waals surface area contributed by atoms with Crippen LogP contribution in [0.25, 0.3) is 0 Å². The lowest BCUT2D eigenvalue weighted by molar-refractivity contribution is -0.146. The van der Waals surface area contributed by atoms with Crippen molar-refractivity contribution in [2.24, 2.45) is 0 Å². The summed E-state index contributed by atoms with van der Waals surface area (Å²) in [6.45, 7) is 1.82. The quantitative estimate of drug-likeness (QED) is 0.586. The Labute approximate surface area is 155 Å². The third kappa shape index (κ3) is 6.29. The molecule has 0 radical (unpaired) electrons. The molecule has 0 aliphatic heterocycles. The summed E-state index contributed by atoms with van der Waals surface area (Å²) in [6, 6.07) is 12.4. The van der Waals surface area contributed by atoms with Gasteiger partial charge in [-0.1, -0.05) is 23.2 Å². The molecule has 0 aromatic heterocycles. The Balaban J connectivity index is 1.71. The average molecular weight is 382 g/mol. The molecule has 0 saturated heterocycles. The van der Waals surface area contributed by atoms with Gasteiger partial charge in [0.2, 0.25) is 0 Å². The summed E-state index contributed by atoms with van der Waals surface area (Å²) in [7, 11) is 0. The Kier molecular flexibility index (Phi) is 7.10. The minimum atomic E-state index is -0.779. The van der Waals surface area contributed by atoms with E-state index in [1.54, 1.807) is 55.5 Å². The van der Waals surface area contributed by atoms with E-state index >= 15 is 0 Å². The van der Waals surface area contributed by atoms with E-state index in [9.17, 15) is 9.59 Å². The van der Waals surface area contributed by atoms with Gasteiger partial charge in [-0.2, -0.15) is 0 Å². The second-order valence-electron chi connectivity index (χ2n) is 5.17. The number of ether oxygens (including phenoxy) is 2. The van der Waals surface area contributed by atoms with E-state index < -0.39 is 12.0 Å². The van der Waals surface area contributed by atoms with E-state index in [0.29, 0.717) is 21.4 Å². The Morgan fingerprint density at radius 3 is 2.12 bits per heavy atom. The molecule has 0 spiro atoms. The van der Waals surface area contributed by atoms with Gasteiger partial charge in [0.1, 0.15) is 25.0 Å². The molecular formula is C18H17Cl2NO4. The molecule has 2 aromatic rings. The molecule has 0 heterocycles. The van der Waals surface area contributed by atoms with Gasteiger partial charge in [0, 0.05) is 15.6 Å². The molecule has 1 amide bonds. The second-order valence-corrected chi connectivity index (χ2v) is 6.04. The van der Waals surface area contributed by atoms with Crippen LogP contribution in [-0.2, 0) is 9.53 Å². The summed E-state index contributed by atoms with van der Waals surface area (Å²) >= 11 is 11.5. The number of halogens is 2. The summed E-state index contributed by atoms with van der Waals surface area (Å²) in [5, 5.41) is 3.72. The molecule has 25 heavy (non-hydrogen) atoms. The first-order chi connectivity index (χ1) is 12.0. The standard InChI is InChI=1S/C18H17Cl2NO4/c1-12(21-17(22)13-2-4-14(19)5-3-13)18(23)25-11-10-24-16-8-6-15(20)7-9-16/h2-9,12H,10-11H2,1H3,(H,21,22)/t12-/m0/s1. The Morgan fingerprint density at radius 1 is 0.960 bits per heavy atom. The normalized spacial score (nSPS) is 11.5. The van der Waals surface area contributed by atoms with Crippen LogP contribution in [0.3, 0.4) is 0 Å². The topological polar surface area (TPSA) is 64.6 Å². The zero-order chi connectivity index (χ0) is 18.2. The van der Waals surface area contributed by atoms with Crippen molar-refractivity contribution in [3.63, 3.8) is 0 Å². The maximum Gasteiger partial charge on any atom is 0.328 e. The molecule has 0 saturated carbocycles. The van der Waals surface area contributed by atoms with Crippen LogP contribution in [-0.4, -0.2) is 31.1 Å². The van der Waals surface area contributed by atoms with Crippen molar-refractivity contribution < 1.29 is 19.1 Å². The van der Waals surface area contributed by atoms with Crippen molar-refractivity contribution in [2.75, 3.05) is 13.2 Å². The summed E-state index contributed by atoms with van der Waals surface area (Å²) in [5.41, 5.74) is 0.412. The fourth-order valence-electron chi connectivity index (χ4n) is 1.90. The van der Waals surface area contributed by atoms with Gasteiger partial charge in [-0.25, -0.2) is 4.79 Å². The van der Waals surface area contributed by atoms with Crippen molar-refractivity contribution in [2.45, 2.75) is 13.0 Å². The molecule has 0 aliphatic rings. The molecule has 7 heteroatoms. The molecule has 0 aliphatic carbocycles. The van der Waals surface area contributed by atoms with Gasteiger partial charge in [0.15, 0.2) is 0 Å². The van der Waals surface area contributed by atoms with Gasteiger partial charge in [0.05, 0.1) is 0 Å². The molecule has 0 bridgehead atoms. The summed E-state index contributed by atoms with van der Waals surface area (Å²) in [5.74, 6) is -0.287. The number of carbonyl (C=O) groups is 2. The second kappa shape index (κ2) is 9.30. The Bertz CT molecular complexity index is 717. The fraction of sp³-hybridized carbons (Fsp3) is 0.222. The van der Waals surface area contributed by atoms with Crippen LogP contribution in [0.5, 0.6) is 5.75 Å². The van der Waals surface area contributed by atoms with Gasteiger partial charge in [-0.3, -0.25) is 4.79 Å². The monoisotopic (exact) mass is 381 g/mol. The highest BCUT2D eigenvalue weighted by atomic mass is 35.5. The van der Waals surface area contributed by atoms with E-state index in [-0.39, 0.29) is 19.1 Å². The van der Waals surface area contributed by atoms with Crippen LogP contribution >= 0.6 is 23.2 Å². The van der Waals surface area contributed by atoms with Crippen LogP contribution in [0.1, 0.15) is 17.3 Å². The lowest BCUT2D eigenvalue weighted by Crippen LogP contribution is -2.39. The summed E-state index contributed by atoms with van der Waals surface area (Å²) in [4.78, 5) is 23.9. The third-order valence-corrected chi connectivity index (χ3v) is 3.72. The number of esters is 1. The lowest BCUT2D eigenvalue weighted by Gasteiger charge is -2.14. The molecule has 132 valence electrons. The summed E-state index contributed by atoms with van der Waals surface area (Å²) in [6.07, 6.45) is 0. The fourth-order valence-corrected chi connectivity index (χ4v) is 2.15. The van der Waals surface area contributed by atoms with Gasteiger partial charge >= 0.3 is 5.97 Å². The Morgan fingerprint density at radius 2 is 1.52 bits per heavy atom. The minimum absolute atomic E-state index is 0.0720. The zero-order valence-corrected chi connectivity index (χ0v) is 15.0. The number of rotatable bonds is 7. The van der Waals surface area contributed by atoms with E-state index in [2.05, 4.69) is 5.32 Å². The smallest absolute Gasteiger partial charge is 0.328 e. The van der Waals surface area contributed by atoms with Crippen LogP contribution in [0.2, 0.25) is 10.0 Å². The Hall–Kier alpha value is -2.24. The van der Waals surface area contributed by atoms with E-state index in [4.69, 9.17) is 32.7 Å². The molecule has 1 N–H and O–H groups in total. The zero-order valence-electron chi connectivity index (χ0n) is 13.5. The molecule has 5 nitrogen and oxygen atoms in total. The first-order valence-electron chi connectivity index (χ1n) is 7.57. The highest BCUT2D eigenvalue weighted by Gasteiger charge is 2.17. The molecule has 2 aromatic carbocycles. The molecule has 2 rings (SSSR count). The first-order valence-corrected chi connectivity index (χ1v) is 8.33.